The fraction of sp³-hybridized carbons (Fsp3) is 0.0833. The lowest BCUT2D eigenvalue weighted by Gasteiger charge is -2.02. The van der Waals surface area contributed by atoms with Crippen molar-refractivity contribution in [3.05, 3.63) is 36.0 Å². The Hall–Kier alpha value is -2.81. The van der Waals surface area contributed by atoms with E-state index in [0.717, 1.165) is 16.2 Å². The number of thiophene rings is 1. The minimum absolute atomic E-state index is 0.490. The summed E-state index contributed by atoms with van der Waals surface area (Å²) in [7, 11) is 0. The Morgan fingerprint density at radius 3 is 3.14 bits per heavy atom. The van der Waals surface area contributed by atoms with Gasteiger partial charge in [-0.3, -0.25) is 5.10 Å². The van der Waals surface area contributed by atoms with Crippen LogP contribution in [0.25, 0.3) is 21.9 Å². The van der Waals surface area contributed by atoms with E-state index in [4.69, 9.17) is 0 Å². The van der Waals surface area contributed by atoms with Crippen LogP contribution in [0.2, 0.25) is 0 Å². The second kappa shape index (κ2) is 4.94. The molecule has 0 bridgehead atoms. The van der Waals surface area contributed by atoms with Gasteiger partial charge in [-0.1, -0.05) is 6.07 Å². The van der Waals surface area contributed by atoms with Crippen molar-refractivity contribution in [2.75, 3.05) is 5.32 Å². The lowest BCUT2D eigenvalue weighted by molar-refractivity contribution is 0.947. The lowest BCUT2D eigenvalue weighted by atomic mass is 10.4. The molecule has 0 radical (unpaired) electrons. The van der Waals surface area contributed by atoms with Crippen molar-refractivity contribution in [2.24, 2.45) is 0 Å². The first-order chi connectivity index (χ1) is 10.4. The van der Waals surface area contributed by atoms with E-state index >= 15 is 0 Å². The summed E-state index contributed by atoms with van der Waals surface area (Å²) in [5, 5.41) is 12.3. The number of fused-ring (bicyclic) bond motifs is 1. The van der Waals surface area contributed by atoms with E-state index < -0.39 is 0 Å². The second-order valence-corrected chi connectivity index (χ2v) is 5.21. The number of nitrogens with zero attached hydrogens (tertiary/aromatic N) is 5. The molecule has 4 aromatic rings. The molecule has 4 aromatic heterocycles. The molecule has 0 amide bonds. The van der Waals surface area contributed by atoms with Gasteiger partial charge in [-0.25, -0.2) is 19.9 Å². The minimum atomic E-state index is 0.490. The van der Waals surface area contributed by atoms with Gasteiger partial charge in [0.1, 0.15) is 17.7 Å². The van der Waals surface area contributed by atoms with E-state index in [9.17, 15) is 0 Å². The number of rotatable bonds is 4. The fourth-order valence-electron chi connectivity index (χ4n) is 1.96. The maximum absolute atomic E-state index is 4.45. The third-order valence-electron chi connectivity index (χ3n) is 2.92. The van der Waals surface area contributed by atoms with Crippen LogP contribution in [-0.4, -0.2) is 35.1 Å². The largest absolute Gasteiger partial charge is 0.361 e. The van der Waals surface area contributed by atoms with Crippen LogP contribution < -0.4 is 5.32 Å². The van der Waals surface area contributed by atoms with Gasteiger partial charge in [-0.2, -0.15) is 5.10 Å². The standard InChI is InChI=1S/C12H10N8S/c1-2-7(21-3-1)10-18-8(19-20-10)4-13-11-9-12(15-5-14-9)17-6-16-11/h1-3,5-6H,4H2,(H,18,19,20)(H2,13,14,15,16,17). The molecule has 0 aromatic carbocycles. The van der Waals surface area contributed by atoms with Crippen molar-refractivity contribution in [2.45, 2.75) is 6.54 Å². The van der Waals surface area contributed by atoms with E-state index in [1.165, 1.54) is 6.33 Å². The van der Waals surface area contributed by atoms with Crippen LogP contribution in [-0.2, 0) is 6.54 Å². The third kappa shape index (κ3) is 2.23. The number of anilines is 1. The molecule has 0 saturated heterocycles. The lowest BCUT2D eigenvalue weighted by Crippen LogP contribution is -2.04. The molecule has 21 heavy (non-hydrogen) atoms. The fourth-order valence-corrected chi connectivity index (χ4v) is 2.61. The molecule has 4 heterocycles. The van der Waals surface area contributed by atoms with Gasteiger partial charge >= 0.3 is 0 Å². The van der Waals surface area contributed by atoms with Gasteiger partial charge in [0.15, 0.2) is 17.3 Å². The Labute approximate surface area is 122 Å². The van der Waals surface area contributed by atoms with E-state index in [2.05, 4.69) is 40.4 Å². The number of hydrogen-bond acceptors (Lipinski definition) is 7. The molecule has 0 aliphatic heterocycles. The first-order valence-corrected chi connectivity index (χ1v) is 7.11. The SMILES string of the molecule is c1csc(-c2n[nH]c(CNc3ncnc4nc[nH]c34)n2)c1. The molecule has 0 aliphatic carbocycles. The molecule has 8 nitrogen and oxygen atoms in total. The number of hydrogen-bond donors (Lipinski definition) is 3. The topological polar surface area (TPSA) is 108 Å². The molecule has 0 unspecified atom stereocenters. The van der Waals surface area contributed by atoms with Crippen LogP contribution in [0.15, 0.2) is 30.2 Å². The van der Waals surface area contributed by atoms with E-state index in [1.807, 2.05) is 17.5 Å². The summed E-state index contributed by atoms with van der Waals surface area (Å²) in [6, 6.07) is 3.97. The molecule has 9 heteroatoms. The molecular formula is C12H10N8S. The molecule has 4 rings (SSSR count). The van der Waals surface area contributed by atoms with Crippen LogP contribution >= 0.6 is 11.3 Å². The zero-order chi connectivity index (χ0) is 14.1. The summed E-state index contributed by atoms with van der Waals surface area (Å²) < 4.78 is 0. The van der Waals surface area contributed by atoms with Gasteiger partial charge < -0.3 is 10.3 Å². The monoisotopic (exact) mass is 298 g/mol. The molecule has 3 N–H and O–H groups in total. The second-order valence-electron chi connectivity index (χ2n) is 4.26. The number of imidazole rings is 1. The van der Waals surface area contributed by atoms with Crippen LogP contribution in [0.4, 0.5) is 5.82 Å². The molecule has 0 fully saturated rings. The Bertz CT molecular complexity index is 862. The number of aromatic nitrogens is 7. The van der Waals surface area contributed by atoms with Crippen molar-refractivity contribution in [3.8, 4) is 10.7 Å². The Balaban J connectivity index is 1.53. The Morgan fingerprint density at radius 2 is 2.24 bits per heavy atom. The summed E-state index contributed by atoms with van der Waals surface area (Å²) >= 11 is 1.61. The molecular weight excluding hydrogens is 288 g/mol. The smallest absolute Gasteiger partial charge is 0.191 e. The van der Waals surface area contributed by atoms with Gasteiger partial charge in [-0.05, 0) is 11.4 Å². The van der Waals surface area contributed by atoms with Crippen LogP contribution in [0.3, 0.4) is 0 Å². The van der Waals surface area contributed by atoms with Crippen molar-refractivity contribution >= 4 is 28.3 Å². The molecule has 0 atom stereocenters. The summed E-state index contributed by atoms with van der Waals surface area (Å²) in [6.45, 7) is 0.490. The summed E-state index contributed by atoms with van der Waals surface area (Å²) in [5.41, 5.74) is 1.40. The first-order valence-electron chi connectivity index (χ1n) is 6.23. The predicted octanol–water partition coefficient (Wildman–Crippen LogP) is 1.81. The zero-order valence-corrected chi connectivity index (χ0v) is 11.6. The summed E-state index contributed by atoms with van der Waals surface area (Å²) in [6.07, 6.45) is 3.07. The van der Waals surface area contributed by atoms with Gasteiger partial charge in [0, 0.05) is 0 Å². The van der Waals surface area contributed by atoms with Crippen LogP contribution in [0.5, 0.6) is 0 Å². The van der Waals surface area contributed by atoms with Crippen molar-refractivity contribution in [1.29, 1.82) is 0 Å². The van der Waals surface area contributed by atoms with Gasteiger partial charge in [0.05, 0.1) is 17.7 Å². The van der Waals surface area contributed by atoms with Crippen LogP contribution in [0, 0.1) is 0 Å². The van der Waals surface area contributed by atoms with Crippen molar-refractivity contribution in [1.82, 2.24) is 35.1 Å². The number of nitrogens with one attached hydrogen (secondary N) is 3. The summed E-state index contributed by atoms with van der Waals surface area (Å²) in [4.78, 5) is 20.8. The third-order valence-corrected chi connectivity index (χ3v) is 3.79. The van der Waals surface area contributed by atoms with E-state index in [0.29, 0.717) is 23.8 Å². The van der Waals surface area contributed by atoms with Gasteiger partial charge in [-0.15, -0.1) is 11.3 Å². The highest BCUT2D eigenvalue weighted by atomic mass is 32.1. The maximum Gasteiger partial charge on any atom is 0.191 e. The highest BCUT2D eigenvalue weighted by molar-refractivity contribution is 7.13. The molecule has 0 aliphatic rings. The zero-order valence-electron chi connectivity index (χ0n) is 10.7. The number of H-pyrrole nitrogens is 2. The number of aromatic amines is 2. The highest BCUT2D eigenvalue weighted by Gasteiger charge is 2.09. The molecule has 0 saturated carbocycles. The molecule has 0 spiro atoms. The van der Waals surface area contributed by atoms with Crippen molar-refractivity contribution < 1.29 is 0 Å². The van der Waals surface area contributed by atoms with E-state index in [1.54, 1.807) is 17.7 Å². The Morgan fingerprint density at radius 1 is 1.24 bits per heavy atom. The molecule has 104 valence electrons. The van der Waals surface area contributed by atoms with Gasteiger partial charge in [0.25, 0.3) is 0 Å². The normalized spacial score (nSPS) is 11.0. The first kappa shape index (κ1) is 12.0. The Kier molecular flexibility index (Phi) is 2.82. The summed E-state index contributed by atoms with van der Waals surface area (Å²) in [5.74, 6) is 2.13. The highest BCUT2D eigenvalue weighted by Crippen LogP contribution is 2.20. The predicted molar refractivity (Wildman–Crippen MR) is 78.7 cm³/mol. The quantitative estimate of drug-likeness (QED) is 0.530. The van der Waals surface area contributed by atoms with E-state index in [-0.39, 0.29) is 0 Å². The average Bonchev–Trinajstić information content (AvgIpc) is 3.23. The maximum atomic E-state index is 4.45. The van der Waals surface area contributed by atoms with Gasteiger partial charge in [0.2, 0.25) is 0 Å². The minimum Gasteiger partial charge on any atom is -0.361 e. The average molecular weight is 298 g/mol. The van der Waals surface area contributed by atoms with Crippen molar-refractivity contribution in [3.63, 3.8) is 0 Å². The van der Waals surface area contributed by atoms with Crippen LogP contribution in [0.1, 0.15) is 5.82 Å².